The molecular formula is C17H18N2O5S2. The summed E-state index contributed by atoms with van der Waals surface area (Å²) in [6, 6.07) is 7.21. The van der Waals surface area contributed by atoms with Gasteiger partial charge in [0.2, 0.25) is 0 Å². The summed E-state index contributed by atoms with van der Waals surface area (Å²) in [7, 11) is -2.16. The second-order valence-electron chi connectivity index (χ2n) is 6.02. The van der Waals surface area contributed by atoms with E-state index in [0.29, 0.717) is 29.1 Å². The SMILES string of the molecule is Cc1csc(-c2cc3ccc(N(C)CCCS(=O)(=O)O)cc3oc2=O)n1. The molecular weight excluding hydrogens is 376 g/mol. The lowest BCUT2D eigenvalue weighted by Crippen LogP contribution is -2.21. The quantitative estimate of drug-likeness (QED) is 0.507. The molecule has 0 aliphatic heterocycles. The van der Waals surface area contributed by atoms with E-state index in [2.05, 4.69) is 4.98 Å². The summed E-state index contributed by atoms with van der Waals surface area (Å²) in [5.41, 5.74) is 2.08. The van der Waals surface area contributed by atoms with Gasteiger partial charge in [0.15, 0.2) is 0 Å². The fourth-order valence-corrected chi connectivity index (χ4v) is 3.87. The van der Waals surface area contributed by atoms with Crippen molar-refractivity contribution in [2.24, 2.45) is 0 Å². The van der Waals surface area contributed by atoms with Gasteiger partial charge in [-0.3, -0.25) is 4.55 Å². The van der Waals surface area contributed by atoms with Crippen LogP contribution >= 0.6 is 11.3 Å². The number of anilines is 1. The van der Waals surface area contributed by atoms with E-state index in [0.717, 1.165) is 16.8 Å². The fraction of sp³-hybridized carbons (Fsp3) is 0.294. The second-order valence-corrected chi connectivity index (χ2v) is 8.46. The molecule has 3 aromatic rings. The molecule has 0 bridgehead atoms. The van der Waals surface area contributed by atoms with E-state index in [1.807, 2.05) is 29.3 Å². The smallest absolute Gasteiger partial charge is 0.346 e. The van der Waals surface area contributed by atoms with Crippen molar-refractivity contribution in [1.82, 2.24) is 4.98 Å². The first-order chi connectivity index (χ1) is 12.2. The highest BCUT2D eigenvalue weighted by atomic mass is 32.2. The summed E-state index contributed by atoms with van der Waals surface area (Å²) in [6.45, 7) is 2.30. The number of fused-ring (bicyclic) bond motifs is 1. The molecule has 3 rings (SSSR count). The van der Waals surface area contributed by atoms with Crippen LogP contribution in [0.1, 0.15) is 12.1 Å². The molecule has 7 nitrogen and oxygen atoms in total. The van der Waals surface area contributed by atoms with Crippen LogP contribution in [0.5, 0.6) is 0 Å². The Bertz CT molecular complexity index is 1100. The highest BCUT2D eigenvalue weighted by Gasteiger charge is 2.12. The third-order valence-electron chi connectivity index (χ3n) is 3.91. The van der Waals surface area contributed by atoms with Crippen molar-refractivity contribution in [1.29, 1.82) is 0 Å². The molecule has 0 saturated heterocycles. The maximum atomic E-state index is 12.3. The van der Waals surface area contributed by atoms with Crippen LogP contribution in [0, 0.1) is 6.92 Å². The third-order valence-corrected chi connectivity index (χ3v) is 5.70. The molecule has 0 radical (unpaired) electrons. The minimum absolute atomic E-state index is 0.291. The standard InChI is InChI=1S/C17H18N2O5S2/c1-11-10-25-16(18-11)14-8-12-4-5-13(9-15(12)24-17(14)20)19(2)6-3-7-26(21,22)23/h4-5,8-10H,3,6-7H2,1-2H3,(H,21,22,23). The Balaban J connectivity index is 1.86. The zero-order valence-corrected chi connectivity index (χ0v) is 15.9. The number of hydrogen-bond acceptors (Lipinski definition) is 7. The van der Waals surface area contributed by atoms with Gasteiger partial charge in [-0.25, -0.2) is 9.78 Å². The maximum absolute atomic E-state index is 12.3. The van der Waals surface area contributed by atoms with Gasteiger partial charge in [-0.05, 0) is 31.5 Å². The topological polar surface area (TPSA) is 101 Å². The normalized spacial score (nSPS) is 11.8. The molecule has 0 saturated carbocycles. The van der Waals surface area contributed by atoms with Gasteiger partial charge in [0.1, 0.15) is 10.6 Å². The zero-order chi connectivity index (χ0) is 18.9. The minimum atomic E-state index is -3.96. The lowest BCUT2D eigenvalue weighted by atomic mass is 10.1. The number of rotatable bonds is 6. The third kappa shape index (κ3) is 4.29. The minimum Gasteiger partial charge on any atom is -0.422 e. The second kappa shape index (κ2) is 7.18. The molecule has 0 amide bonds. The van der Waals surface area contributed by atoms with Crippen LogP contribution in [-0.4, -0.2) is 37.3 Å². The van der Waals surface area contributed by atoms with Crippen molar-refractivity contribution in [3.8, 4) is 10.6 Å². The number of aryl methyl sites for hydroxylation is 1. The van der Waals surface area contributed by atoms with Gasteiger partial charge in [-0.15, -0.1) is 11.3 Å². The number of hydrogen-bond donors (Lipinski definition) is 1. The van der Waals surface area contributed by atoms with E-state index in [-0.39, 0.29) is 5.75 Å². The molecule has 1 N–H and O–H groups in total. The summed E-state index contributed by atoms with van der Waals surface area (Å²) in [6.07, 6.45) is 0.291. The van der Waals surface area contributed by atoms with Crippen molar-refractivity contribution in [2.45, 2.75) is 13.3 Å². The van der Waals surface area contributed by atoms with Gasteiger partial charge < -0.3 is 9.32 Å². The van der Waals surface area contributed by atoms with Gasteiger partial charge in [-0.2, -0.15) is 8.42 Å². The number of thiazole rings is 1. The van der Waals surface area contributed by atoms with E-state index < -0.39 is 15.7 Å². The molecule has 0 atom stereocenters. The molecule has 0 fully saturated rings. The zero-order valence-electron chi connectivity index (χ0n) is 14.3. The first kappa shape index (κ1) is 18.6. The van der Waals surface area contributed by atoms with E-state index >= 15 is 0 Å². The number of benzene rings is 1. The van der Waals surface area contributed by atoms with E-state index in [1.54, 1.807) is 19.2 Å². The number of aromatic nitrogens is 1. The van der Waals surface area contributed by atoms with Gasteiger partial charge >= 0.3 is 5.63 Å². The fourth-order valence-electron chi connectivity index (χ4n) is 2.58. The van der Waals surface area contributed by atoms with Crippen molar-refractivity contribution >= 4 is 38.1 Å². The van der Waals surface area contributed by atoms with E-state index in [9.17, 15) is 13.2 Å². The van der Waals surface area contributed by atoms with Gasteiger partial charge in [-0.1, -0.05) is 0 Å². The lowest BCUT2D eigenvalue weighted by molar-refractivity contribution is 0.481. The summed E-state index contributed by atoms with van der Waals surface area (Å²) in [5, 5.41) is 3.29. The highest BCUT2D eigenvalue weighted by molar-refractivity contribution is 7.85. The first-order valence-corrected chi connectivity index (χ1v) is 10.4. The Labute approximate surface area is 154 Å². The summed E-state index contributed by atoms with van der Waals surface area (Å²) < 4.78 is 35.8. The Morgan fingerprint density at radius 3 is 2.73 bits per heavy atom. The maximum Gasteiger partial charge on any atom is 0.346 e. The molecule has 2 aromatic heterocycles. The van der Waals surface area contributed by atoms with Crippen LogP contribution in [0.25, 0.3) is 21.5 Å². The van der Waals surface area contributed by atoms with Gasteiger partial charge in [0.25, 0.3) is 10.1 Å². The largest absolute Gasteiger partial charge is 0.422 e. The Hall–Kier alpha value is -2.23. The summed E-state index contributed by atoms with van der Waals surface area (Å²) >= 11 is 1.40. The summed E-state index contributed by atoms with van der Waals surface area (Å²) in [4.78, 5) is 18.5. The van der Waals surface area contributed by atoms with Crippen LogP contribution in [0.4, 0.5) is 5.69 Å². The number of nitrogens with zero attached hydrogens (tertiary/aromatic N) is 2. The van der Waals surface area contributed by atoms with Crippen molar-refractivity contribution in [3.05, 3.63) is 45.8 Å². The first-order valence-electron chi connectivity index (χ1n) is 7.90. The molecule has 26 heavy (non-hydrogen) atoms. The molecule has 0 spiro atoms. The Morgan fingerprint density at radius 1 is 1.31 bits per heavy atom. The van der Waals surface area contributed by atoms with Crippen LogP contribution in [0.2, 0.25) is 0 Å². The van der Waals surface area contributed by atoms with Crippen molar-refractivity contribution < 1.29 is 17.4 Å². The Morgan fingerprint density at radius 2 is 2.08 bits per heavy atom. The van der Waals surface area contributed by atoms with Gasteiger partial charge in [0.05, 0.1) is 11.3 Å². The van der Waals surface area contributed by atoms with E-state index in [1.165, 1.54) is 11.3 Å². The monoisotopic (exact) mass is 394 g/mol. The molecule has 0 aliphatic carbocycles. The summed E-state index contributed by atoms with van der Waals surface area (Å²) in [5.74, 6) is -0.295. The van der Waals surface area contributed by atoms with Crippen molar-refractivity contribution in [3.63, 3.8) is 0 Å². The molecule has 9 heteroatoms. The van der Waals surface area contributed by atoms with Gasteiger partial charge in [0, 0.05) is 41.8 Å². The lowest BCUT2D eigenvalue weighted by Gasteiger charge is -2.19. The molecule has 138 valence electrons. The average molecular weight is 394 g/mol. The van der Waals surface area contributed by atoms with Crippen LogP contribution in [-0.2, 0) is 10.1 Å². The molecule has 1 aromatic carbocycles. The van der Waals surface area contributed by atoms with Crippen molar-refractivity contribution in [2.75, 3.05) is 24.2 Å². The predicted molar refractivity (Wildman–Crippen MR) is 103 cm³/mol. The molecule has 0 aliphatic rings. The van der Waals surface area contributed by atoms with E-state index in [4.69, 9.17) is 8.97 Å². The Kier molecular flexibility index (Phi) is 5.12. The predicted octanol–water partition coefficient (Wildman–Crippen LogP) is 2.94. The molecule has 0 unspecified atom stereocenters. The molecule has 2 heterocycles. The van der Waals surface area contributed by atoms with Crippen LogP contribution in [0.3, 0.4) is 0 Å². The average Bonchev–Trinajstić information content (AvgIpc) is 2.98. The highest BCUT2D eigenvalue weighted by Crippen LogP contribution is 2.26. The van der Waals surface area contributed by atoms with Crippen LogP contribution in [0.15, 0.2) is 38.9 Å². The van der Waals surface area contributed by atoms with Crippen LogP contribution < -0.4 is 10.5 Å².